The van der Waals surface area contributed by atoms with E-state index < -0.39 is 5.69 Å². The third-order valence-electron chi connectivity index (χ3n) is 3.40. The number of thiazole rings is 1. The first-order chi connectivity index (χ1) is 11.1. The molecule has 2 heterocycles. The highest BCUT2D eigenvalue weighted by molar-refractivity contribution is 7.11. The summed E-state index contributed by atoms with van der Waals surface area (Å²) in [6, 6.07) is 2.83. The number of hydrogen-bond acceptors (Lipinski definition) is 6. The Bertz CT molecular complexity index is 872. The van der Waals surface area contributed by atoms with Gasteiger partial charge in [-0.25, -0.2) is 14.2 Å². The molecule has 3 rings (SSSR count). The molecule has 0 atom stereocenters. The van der Waals surface area contributed by atoms with Crippen molar-refractivity contribution < 1.29 is 9.13 Å². The highest BCUT2D eigenvalue weighted by Crippen LogP contribution is 2.24. The van der Waals surface area contributed by atoms with E-state index in [2.05, 4.69) is 15.4 Å². The van der Waals surface area contributed by atoms with Crippen LogP contribution in [0.3, 0.4) is 0 Å². The van der Waals surface area contributed by atoms with Gasteiger partial charge in [0.2, 0.25) is 0 Å². The van der Waals surface area contributed by atoms with Crippen molar-refractivity contribution in [3.8, 4) is 10.9 Å². The van der Waals surface area contributed by atoms with Gasteiger partial charge in [0, 0.05) is 24.2 Å². The Balaban J connectivity index is 2.08. The van der Waals surface area contributed by atoms with Gasteiger partial charge >= 0.3 is 5.69 Å². The number of benzene rings is 1. The van der Waals surface area contributed by atoms with Gasteiger partial charge in [0.1, 0.15) is 12.4 Å². The molecule has 1 aromatic carbocycles. The number of halogens is 1. The number of tetrazole rings is 1. The maximum Gasteiger partial charge on any atom is 0.368 e. The number of nitrogens with zero attached hydrogens (tertiary/aromatic N) is 5. The van der Waals surface area contributed by atoms with Crippen molar-refractivity contribution in [1.29, 1.82) is 0 Å². The van der Waals surface area contributed by atoms with Gasteiger partial charge in [-0.1, -0.05) is 18.3 Å². The number of aryl methyl sites for hydroxylation is 1. The summed E-state index contributed by atoms with van der Waals surface area (Å²) in [7, 11) is 1.50. The van der Waals surface area contributed by atoms with E-state index in [4.69, 9.17) is 4.74 Å². The fraction of sp³-hybridized carbons (Fsp3) is 0.286. The van der Waals surface area contributed by atoms with E-state index in [0.717, 1.165) is 9.36 Å². The predicted octanol–water partition coefficient (Wildman–Crippen LogP) is 1.70. The minimum atomic E-state index is -0.408. The Kier molecular flexibility index (Phi) is 4.20. The summed E-state index contributed by atoms with van der Waals surface area (Å²) in [4.78, 5) is 16.1. The predicted molar refractivity (Wildman–Crippen MR) is 82.4 cm³/mol. The van der Waals surface area contributed by atoms with Gasteiger partial charge in [0.05, 0.1) is 5.69 Å². The SMILES string of the molecule is CCc1c(F)ccc(-n2nnn(C)c2=O)c1COc1nccs1. The molecule has 0 aliphatic heterocycles. The van der Waals surface area contributed by atoms with Crippen molar-refractivity contribution in [3.63, 3.8) is 0 Å². The second-order valence-electron chi connectivity index (χ2n) is 4.76. The molecule has 0 radical (unpaired) electrons. The van der Waals surface area contributed by atoms with E-state index >= 15 is 0 Å². The van der Waals surface area contributed by atoms with Crippen LogP contribution >= 0.6 is 11.3 Å². The minimum absolute atomic E-state index is 0.0901. The average Bonchev–Trinajstić information content (AvgIpc) is 3.17. The van der Waals surface area contributed by atoms with Crippen LogP contribution < -0.4 is 10.4 Å². The molecule has 120 valence electrons. The molecule has 2 aromatic heterocycles. The second kappa shape index (κ2) is 6.29. The molecule has 0 bridgehead atoms. The fourth-order valence-electron chi connectivity index (χ4n) is 2.27. The van der Waals surface area contributed by atoms with Crippen LogP contribution in [-0.4, -0.2) is 24.8 Å². The van der Waals surface area contributed by atoms with Gasteiger partial charge < -0.3 is 4.74 Å². The molecule has 3 aromatic rings. The highest BCUT2D eigenvalue weighted by atomic mass is 32.1. The van der Waals surface area contributed by atoms with Crippen LogP contribution in [0.1, 0.15) is 18.1 Å². The van der Waals surface area contributed by atoms with Crippen LogP contribution in [0.2, 0.25) is 0 Å². The zero-order chi connectivity index (χ0) is 16.4. The van der Waals surface area contributed by atoms with Crippen LogP contribution in [0, 0.1) is 5.82 Å². The van der Waals surface area contributed by atoms with Crippen LogP contribution in [0.15, 0.2) is 28.5 Å². The maximum atomic E-state index is 14.1. The number of hydrogen-bond donors (Lipinski definition) is 0. The van der Waals surface area contributed by atoms with E-state index in [9.17, 15) is 9.18 Å². The molecule has 0 saturated heterocycles. The molecule has 0 saturated carbocycles. The minimum Gasteiger partial charge on any atom is -0.465 e. The van der Waals surface area contributed by atoms with Crippen LogP contribution in [-0.2, 0) is 20.1 Å². The quantitative estimate of drug-likeness (QED) is 0.709. The van der Waals surface area contributed by atoms with Crippen LogP contribution in [0.5, 0.6) is 5.19 Å². The van der Waals surface area contributed by atoms with E-state index in [1.807, 2.05) is 6.92 Å². The third-order valence-corrected chi connectivity index (χ3v) is 4.08. The normalized spacial score (nSPS) is 10.9. The molecular formula is C14H14FN5O2S. The first-order valence-electron chi connectivity index (χ1n) is 6.93. The second-order valence-corrected chi connectivity index (χ2v) is 5.62. The van der Waals surface area contributed by atoms with Crippen molar-refractivity contribution >= 4 is 11.3 Å². The topological polar surface area (TPSA) is 74.8 Å². The molecule has 23 heavy (non-hydrogen) atoms. The maximum absolute atomic E-state index is 14.1. The first-order valence-corrected chi connectivity index (χ1v) is 7.81. The van der Waals surface area contributed by atoms with E-state index in [1.165, 1.54) is 30.5 Å². The number of rotatable bonds is 5. The van der Waals surface area contributed by atoms with Crippen molar-refractivity contribution in [2.24, 2.45) is 7.05 Å². The Labute approximate surface area is 134 Å². The van der Waals surface area contributed by atoms with Crippen molar-refractivity contribution in [2.75, 3.05) is 0 Å². The highest BCUT2D eigenvalue weighted by Gasteiger charge is 2.18. The molecule has 0 aliphatic rings. The van der Waals surface area contributed by atoms with Crippen molar-refractivity contribution in [2.45, 2.75) is 20.0 Å². The van der Waals surface area contributed by atoms with Gasteiger partial charge in [-0.15, -0.1) is 0 Å². The van der Waals surface area contributed by atoms with Gasteiger partial charge in [-0.2, -0.15) is 9.36 Å². The van der Waals surface area contributed by atoms with Gasteiger partial charge in [0.25, 0.3) is 5.19 Å². The largest absolute Gasteiger partial charge is 0.465 e. The standard InChI is InChI=1S/C14H14FN5O2S/c1-3-9-10(8-22-13-16-6-7-23-13)12(5-4-11(9)15)20-14(21)19(2)17-18-20/h4-7H,3,8H2,1-2H3. The van der Waals surface area contributed by atoms with Crippen molar-refractivity contribution in [3.05, 3.63) is 51.1 Å². The summed E-state index contributed by atoms with van der Waals surface area (Å²) in [6.45, 7) is 1.93. The van der Waals surface area contributed by atoms with Gasteiger partial charge in [0.15, 0.2) is 0 Å². The molecule has 0 unspecified atom stereocenters. The zero-order valence-corrected chi connectivity index (χ0v) is 13.4. The molecule has 0 N–H and O–H groups in total. The lowest BCUT2D eigenvalue weighted by Gasteiger charge is -2.14. The third kappa shape index (κ3) is 2.87. The van der Waals surface area contributed by atoms with Crippen molar-refractivity contribution in [1.82, 2.24) is 24.8 Å². The summed E-state index contributed by atoms with van der Waals surface area (Å²) in [6.07, 6.45) is 2.09. The summed E-state index contributed by atoms with van der Waals surface area (Å²) in [5, 5.41) is 9.78. The van der Waals surface area contributed by atoms with Crippen LogP contribution in [0.4, 0.5) is 4.39 Å². The van der Waals surface area contributed by atoms with E-state index in [1.54, 1.807) is 11.6 Å². The summed E-state index contributed by atoms with van der Waals surface area (Å²) in [5.74, 6) is -0.342. The first kappa shape index (κ1) is 15.3. The lowest BCUT2D eigenvalue weighted by molar-refractivity contribution is 0.301. The Morgan fingerprint density at radius 2 is 2.13 bits per heavy atom. The smallest absolute Gasteiger partial charge is 0.368 e. The molecule has 0 aliphatic carbocycles. The molecular weight excluding hydrogens is 321 g/mol. The summed E-state index contributed by atoms with van der Waals surface area (Å²) < 4.78 is 22.0. The van der Waals surface area contributed by atoms with Gasteiger partial charge in [-0.05, 0) is 34.5 Å². The van der Waals surface area contributed by atoms with E-state index in [-0.39, 0.29) is 12.4 Å². The summed E-state index contributed by atoms with van der Waals surface area (Å²) in [5.41, 5.74) is 1.09. The summed E-state index contributed by atoms with van der Waals surface area (Å²) >= 11 is 1.34. The Morgan fingerprint density at radius 3 is 2.74 bits per heavy atom. The number of aromatic nitrogens is 5. The average molecular weight is 335 g/mol. The lowest BCUT2D eigenvalue weighted by Crippen LogP contribution is -2.23. The molecule has 9 heteroatoms. The molecule has 0 spiro atoms. The zero-order valence-electron chi connectivity index (χ0n) is 12.6. The fourth-order valence-corrected chi connectivity index (χ4v) is 2.76. The van der Waals surface area contributed by atoms with E-state index in [0.29, 0.717) is 28.4 Å². The van der Waals surface area contributed by atoms with Gasteiger partial charge in [-0.3, -0.25) is 0 Å². The Hall–Kier alpha value is -2.55. The monoisotopic (exact) mass is 335 g/mol. The molecule has 7 nitrogen and oxygen atoms in total. The molecule has 0 fully saturated rings. The molecule has 0 amide bonds. The Morgan fingerprint density at radius 1 is 1.30 bits per heavy atom. The lowest BCUT2D eigenvalue weighted by atomic mass is 10.0. The number of ether oxygens (including phenoxy) is 1. The van der Waals surface area contributed by atoms with Crippen LogP contribution in [0.25, 0.3) is 5.69 Å².